The van der Waals surface area contributed by atoms with Crippen LogP contribution in [0.3, 0.4) is 0 Å². The maximum atomic E-state index is 2.63. The third kappa shape index (κ3) is 4.59. The zero-order valence-electron chi connectivity index (χ0n) is 36.7. The first-order valence-electron chi connectivity index (χ1n) is 23.1. The van der Waals surface area contributed by atoms with Gasteiger partial charge in [0.25, 0.3) is 0 Å². The molecule has 2 aliphatic heterocycles. The van der Waals surface area contributed by atoms with Crippen molar-refractivity contribution in [2.24, 2.45) is 0 Å². The Morgan fingerprint density at radius 3 is 1.02 bits per heavy atom. The van der Waals surface area contributed by atoms with E-state index in [9.17, 15) is 0 Å². The highest BCUT2D eigenvalue weighted by Gasteiger charge is 2.64. The lowest BCUT2D eigenvalue weighted by Crippen LogP contribution is -2.60. The minimum atomic E-state index is -0.516. The minimum Gasteiger partial charge on any atom is -0.334 e. The zero-order valence-corrected chi connectivity index (χ0v) is 36.7. The molecular weight excluding hydrogens is 761 g/mol. The summed E-state index contributed by atoms with van der Waals surface area (Å²) in [6.07, 6.45) is 4.78. The van der Waals surface area contributed by atoms with Gasteiger partial charge in [-0.3, -0.25) is 0 Å². The lowest BCUT2D eigenvalue weighted by Gasteiger charge is -2.56. The Bertz CT molecular complexity index is 2920. The molecule has 0 amide bonds. The number of hydrogen-bond acceptors (Lipinski definition) is 2. The van der Waals surface area contributed by atoms with Gasteiger partial charge >= 0.3 is 0 Å². The summed E-state index contributed by atoms with van der Waals surface area (Å²) in [7, 11) is 0. The molecule has 3 aliphatic carbocycles. The highest BCUT2D eigenvalue weighted by atomic mass is 15.3. The topological polar surface area (TPSA) is 6.48 Å². The van der Waals surface area contributed by atoms with E-state index in [4.69, 9.17) is 0 Å². The molecule has 0 bridgehead atoms. The second-order valence-corrected chi connectivity index (χ2v) is 20.0. The van der Waals surface area contributed by atoms with Gasteiger partial charge in [-0.15, -0.1) is 0 Å². The van der Waals surface area contributed by atoms with E-state index >= 15 is 0 Å². The third-order valence-electron chi connectivity index (χ3n) is 17.5. The van der Waals surface area contributed by atoms with Crippen LogP contribution in [0.15, 0.2) is 194 Å². The first-order chi connectivity index (χ1) is 30.7. The quantitative estimate of drug-likeness (QED) is 0.165. The Kier molecular flexibility index (Phi) is 7.47. The van der Waals surface area contributed by atoms with E-state index in [2.05, 4.69) is 232 Å². The van der Waals surface area contributed by atoms with Crippen LogP contribution in [0.25, 0.3) is 33.4 Å². The van der Waals surface area contributed by atoms with Crippen molar-refractivity contribution in [3.05, 3.63) is 228 Å². The normalized spacial score (nSPS) is 25.2. The van der Waals surface area contributed by atoms with Crippen LogP contribution in [0.5, 0.6) is 0 Å². The summed E-state index contributed by atoms with van der Waals surface area (Å²) in [4.78, 5) is 5.27. The third-order valence-corrected chi connectivity index (χ3v) is 17.5. The molecule has 4 unspecified atom stereocenters. The van der Waals surface area contributed by atoms with Crippen molar-refractivity contribution in [3.63, 3.8) is 0 Å². The SMILES string of the molecule is CC12CCC1(C)N(c1ccccc1)c1ccc(-c3ccc4c(c3)C(c3ccccc3)(c3ccccc3)c3cc(-c5ccc6c(c5)C5(C)CCC5(C)N6c5ccccc5)ccc3-4)cc12. The molecule has 0 saturated heterocycles. The average Bonchev–Trinajstić information content (AvgIpc) is 3.75. The largest absolute Gasteiger partial charge is 0.334 e. The summed E-state index contributed by atoms with van der Waals surface area (Å²) in [6.45, 7) is 9.95. The van der Waals surface area contributed by atoms with Gasteiger partial charge in [-0.25, -0.2) is 0 Å². The van der Waals surface area contributed by atoms with E-state index in [0.29, 0.717) is 0 Å². The fourth-order valence-electron chi connectivity index (χ4n) is 13.4. The van der Waals surface area contributed by atoms with Gasteiger partial charge in [-0.2, -0.15) is 0 Å². The first kappa shape index (κ1) is 37.0. The van der Waals surface area contributed by atoms with E-state index in [1.54, 1.807) is 0 Å². The Balaban J connectivity index is 0.981. The van der Waals surface area contributed by atoms with E-state index in [1.807, 2.05) is 0 Å². The lowest BCUT2D eigenvalue weighted by molar-refractivity contribution is 0.133. The summed E-state index contributed by atoms with van der Waals surface area (Å²) >= 11 is 0. The van der Waals surface area contributed by atoms with Crippen LogP contribution in [-0.2, 0) is 16.2 Å². The second-order valence-electron chi connectivity index (χ2n) is 20.0. The van der Waals surface area contributed by atoms with Crippen molar-refractivity contribution in [2.75, 3.05) is 9.80 Å². The van der Waals surface area contributed by atoms with Crippen LogP contribution in [-0.4, -0.2) is 11.1 Å². The number of anilines is 4. The van der Waals surface area contributed by atoms with E-state index in [-0.39, 0.29) is 21.9 Å². The van der Waals surface area contributed by atoms with Gasteiger partial charge in [0, 0.05) is 33.6 Å². The standard InChI is InChI=1S/C61H52N2/c1-57-33-35-59(57,3)62(47-21-13-7-14-22-47)55-31-27-43(39-53(55)57)41-25-29-49-50-30-26-42(38-52(50)61(51(49)37-41,45-17-9-5-10-18-45)46-19-11-6-12-20-46)44-28-32-56-54(40-44)58(2)34-36-60(58,4)63(56)48-23-15-8-16-24-48/h5-32,37-40H,33-36H2,1-4H3. The molecule has 4 atom stereocenters. The van der Waals surface area contributed by atoms with Gasteiger partial charge < -0.3 is 9.80 Å². The molecule has 0 N–H and O–H groups in total. The Labute approximate surface area is 372 Å². The maximum Gasteiger partial charge on any atom is 0.0713 e. The van der Waals surface area contributed by atoms with Crippen LogP contribution in [0.4, 0.5) is 22.7 Å². The van der Waals surface area contributed by atoms with Crippen molar-refractivity contribution < 1.29 is 0 Å². The number of para-hydroxylation sites is 2. The predicted octanol–water partition coefficient (Wildman–Crippen LogP) is 15.3. The van der Waals surface area contributed by atoms with Crippen LogP contribution < -0.4 is 9.80 Å². The smallest absolute Gasteiger partial charge is 0.0713 e. The summed E-state index contributed by atoms with van der Waals surface area (Å²) in [5.74, 6) is 0. The fraction of sp³-hybridized carbons (Fsp3) is 0.213. The molecule has 2 nitrogen and oxygen atoms in total. The molecule has 8 aromatic rings. The predicted molar refractivity (Wildman–Crippen MR) is 262 cm³/mol. The molecule has 2 saturated carbocycles. The number of hydrogen-bond donors (Lipinski definition) is 0. The molecule has 13 rings (SSSR count). The van der Waals surface area contributed by atoms with E-state index in [0.717, 1.165) is 0 Å². The second kappa shape index (κ2) is 12.7. The molecule has 2 heterocycles. The summed E-state index contributed by atoms with van der Waals surface area (Å²) < 4.78 is 0. The zero-order chi connectivity index (χ0) is 42.3. The van der Waals surface area contributed by atoms with Crippen molar-refractivity contribution in [2.45, 2.75) is 80.7 Å². The average molecular weight is 813 g/mol. The van der Waals surface area contributed by atoms with Gasteiger partial charge in [-0.1, -0.05) is 147 Å². The van der Waals surface area contributed by atoms with Crippen molar-refractivity contribution >= 4 is 22.7 Å². The molecule has 63 heavy (non-hydrogen) atoms. The van der Waals surface area contributed by atoms with Crippen molar-refractivity contribution in [1.29, 1.82) is 0 Å². The van der Waals surface area contributed by atoms with Crippen molar-refractivity contribution in [1.82, 2.24) is 0 Å². The van der Waals surface area contributed by atoms with Crippen LogP contribution >= 0.6 is 0 Å². The lowest BCUT2D eigenvalue weighted by atomic mass is 9.55. The van der Waals surface area contributed by atoms with Gasteiger partial charge in [0.1, 0.15) is 0 Å². The molecular formula is C61H52N2. The molecule has 8 aromatic carbocycles. The van der Waals surface area contributed by atoms with Crippen LogP contribution in [0.1, 0.15) is 86.8 Å². The highest BCUT2D eigenvalue weighted by Crippen LogP contribution is 2.67. The number of fused-ring (bicyclic) bond motifs is 9. The molecule has 306 valence electrons. The van der Waals surface area contributed by atoms with Gasteiger partial charge in [0.05, 0.1) is 16.5 Å². The van der Waals surface area contributed by atoms with E-state index in [1.165, 1.54) is 115 Å². The number of nitrogens with zero attached hydrogens (tertiary/aromatic N) is 2. The van der Waals surface area contributed by atoms with Gasteiger partial charge in [0.15, 0.2) is 0 Å². The molecule has 0 spiro atoms. The fourth-order valence-corrected chi connectivity index (χ4v) is 13.4. The van der Waals surface area contributed by atoms with E-state index < -0.39 is 5.41 Å². The Hall–Kier alpha value is -6.64. The molecule has 2 fully saturated rings. The Morgan fingerprint density at radius 2 is 0.667 bits per heavy atom. The number of rotatable bonds is 6. The molecule has 0 aromatic heterocycles. The number of benzene rings is 8. The summed E-state index contributed by atoms with van der Waals surface area (Å²) in [5, 5.41) is 0. The Morgan fingerprint density at radius 1 is 0.333 bits per heavy atom. The summed E-state index contributed by atoms with van der Waals surface area (Å²) in [5.41, 5.74) is 21.0. The maximum absolute atomic E-state index is 2.63. The van der Waals surface area contributed by atoms with Gasteiger partial charge in [0.2, 0.25) is 0 Å². The highest BCUT2D eigenvalue weighted by molar-refractivity contribution is 5.91. The van der Waals surface area contributed by atoms with Crippen molar-refractivity contribution in [3.8, 4) is 33.4 Å². The summed E-state index contributed by atoms with van der Waals surface area (Å²) in [6, 6.07) is 73.9. The monoisotopic (exact) mass is 812 g/mol. The minimum absolute atomic E-state index is 0.0533. The van der Waals surface area contributed by atoms with Crippen LogP contribution in [0.2, 0.25) is 0 Å². The van der Waals surface area contributed by atoms with Gasteiger partial charge in [-0.05, 0) is 167 Å². The first-order valence-corrected chi connectivity index (χ1v) is 23.1. The molecule has 2 heteroatoms. The van der Waals surface area contributed by atoms with Crippen LogP contribution in [0, 0.1) is 0 Å². The molecule has 0 radical (unpaired) electrons. The molecule has 5 aliphatic rings.